The van der Waals surface area contributed by atoms with E-state index in [0.717, 1.165) is 22.7 Å². The number of carbonyl (C=O) groups is 2. The fraction of sp³-hybridized carbons (Fsp3) is 0.429. The van der Waals surface area contributed by atoms with Gasteiger partial charge in [-0.25, -0.2) is 0 Å². The summed E-state index contributed by atoms with van der Waals surface area (Å²) < 4.78 is 5.71. The summed E-state index contributed by atoms with van der Waals surface area (Å²) >= 11 is 0. The lowest BCUT2D eigenvalue weighted by Crippen LogP contribution is -2.47. The van der Waals surface area contributed by atoms with Crippen molar-refractivity contribution in [3.8, 4) is 5.75 Å². The molecule has 2 rings (SSSR count). The second kappa shape index (κ2) is 9.30. The summed E-state index contributed by atoms with van der Waals surface area (Å²) in [4.78, 5) is 27.0. The van der Waals surface area contributed by atoms with Crippen LogP contribution >= 0.6 is 0 Å². The van der Waals surface area contributed by atoms with Crippen LogP contribution in [0.2, 0.25) is 0 Å². The lowest BCUT2D eigenvalue weighted by molar-refractivity contribution is -0.122. The first-order valence-electron chi connectivity index (χ1n) is 9.37. The quantitative estimate of drug-likeness (QED) is 0.663. The SMILES string of the molecule is CNC(=O)C(CC1=CC=C(N)CN1C)NC(=O)c1ccc(OC(C)C)c(C)c1. The summed E-state index contributed by atoms with van der Waals surface area (Å²) in [6.07, 6.45) is 4.14. The second-order valence-corrected chi connectivity index (χ2v) is 7.25. The predicted molar refractivity (Wildman–Crippen MR) is 110 cm³/mol. The van der Waals surface area contributed by atoms with Gasteiger partial charge in [0, 0.05) is 37.5 Å². The van der Waals surface area contributed by atoms with Crippen molar-refractivity contribution < 1.29 is 14.3 Å². The number of ether oxygens (including phenoxy) is 1. The van der Waals surface area contributed by atoms with E-state index in [2.05, 4.69) is 10.6 Å². The van der Waals surface area contributed by atoms with Gasteiger partial charge in [0.05, 0.1) is 12.6 Å². The monoisotopic (exact) mass is 386 g/mol. The predicted octanol–water partition coefficient (Wildman–Crippen LogP) is 1.69. The van der Waals surface area contributed by atoms with Crippen molar-refractivity contribution in [2.75, 3.05) is 20.6 Å². The molecule has 28 heavy (non-hydrogen) atoms. The summed E-state index contributed by atoms with van der Waals surface area (Å²) in [5.41, 5.74) is 8.87. The molecule has 0 radical (unpaired) electrons. The zero-order valence-corrected chi connectivity index (χ0v) is 17.2. The Hall–Kier alpha value is -2.96. The molecular weight excluding hydrogens is 356 g/mol. The summed E-state index contributed by atoms with van der Waals surface area (Å²) in [7, 11) is 3.46. The molecule has 152 valence electrons. The first-order valence-corrected chi connectivity index (χ1v) is 9.37. The Morgan fingerprint density at radius 3 is 2.57 bits per heavy atom. The molecule has 1 aliphatic rings. The van der Waals surface area contributed by atoms with Gasteiger partial charge < -0.3 is 26.0 Å². The van der Waals surface area contributed by atoms with Gasteiger partial charge in [0.1, 0.15) is 11.8 Å². The van der Waals surface area contributed by atoms with Crippen molar-refractivity contribution in [2.45, 2.75) is 39.3 Å². The molecule has 1 atom stereocenters. The maximum Gasteiger partial charge on any atom is 0.251 e. The zero-order chi connectivity index (χ0) is 20.8. The van der Waals surface area contributed by atoms with E-state index in [-0.39, 0.29) is 17.9 Å². The van der Waals surface area contributed by atoms with Crippen LogP contribution in [0, 0.1) is 6.92 Å². The van der Waals surface area contributed by atoms with Gasteiger partial charge in [0.25, 0.3) is 5.91 Å². The topological polar surface area (TPSA) is 96.7 Å². The molecule has 1 unspecified atom stereocenters. The number of hydrogen-bond acceptors (Lipinski definition) is 5. The van der Waals surface area contributed by atoms with Gasteiger partial charge in [0.15, 0.2) is 0 Å². The highest BCUT2D eigenvalue weighted by molar-refractivity contribution is 5.97. The van der Waals surface area contributed by atoms with Crippen molar-refractivity contribution in [3.05, 3.63) is 52.9 Å². The van der Waals surface area contributed by atoms with E-state index in [9.17, 15) is 9.59 Å². The molecule has 0 aromatic heterocycles. The van der Waals surface area contributed by atoms with Crippen LogP contribution in [0.1, 0.15) is 36.2 Å². The van der Waals surface area contributed by atoms with E-state index < -0.39 is 6.04 Å². The Morgan fingerprint density at radius 1 is 1.29 bits per heavy atom. The number of allylic oxidation sites excluding steroid dienone is 2. The minimum absolute atomic E-state index is 0.0554. The normalized spacial score (nSPS) is 14.9. The Balaban J connectivity index is 2.15. The fourth-order valence-electron chi connectivity index (χ4n) is 2.99. The number of nitrogens with zero attached hydrogens (tertiary/aromatic N) is 1. The molecule has 0 aliphatic carbocycles. The number of hydrogen-bond donors (Lipinski definition) is 3. The van der Waals surface area contributed by atoms with Crippen LogP contribution < -0.4 is 21.1 Å². The number of benzene rings is 1. The summed E-state index contributed by atoms with van der Waals surface area (Å²) in [6.45, 7) is 6.39. The number of aryl methyl sites for hydroxylation is 1. The zero-order valence-electron chi connectivity index (χ0n) is 17.2. The van der Waals surface area contributed by atoms with Crippen molar-refractivity contribution in [1.82, 2.24) is 15.5 Å². The molecule has 1 aromatic carbocycles. The molecule has 7 heteroatoms. The number of amides is 2. The molecule has 1 heterocycles. The highest BCUT2D eigenvalue weighted by Crippen LogP contribution is 2.21. The van der Waals surface area contributed by atoms with Crippen LogP contribution in [-0.4, -0.2) is 49.5 Å². The minimum Gasteiger partial charge on any atom is -0.491 e. The third-order valence-electron chi connectivity index (χ3n) is 4.48. The van der Waals surface area contributed by atoms with E-state index in [1.807, 2.05) is 44.9 Å². The van der Waals surface area contributed by atoms with Crippen LogP contribution in [0.5, 0.6) is 5.75 Å². The molecular formula is C21H30N4O3. The highest BCUT2D eigenvalue weighted by atomic mass is 16.5. The maximum atomic E-state index is 12.7. The Morgan fingerprint density at radius 2 is 2.00 bits per heavy atom. The van der Waals surface area contributed by atoms with E-state index in [0.29, 0.717) is 18.5 Å². The van der Waals surface area contributed by atoms with Gasteiger partial charge in [-0.2, -0.15) is 0 Å². The smallest absolute Gasteiger partial charge is 0.251 e. The van der Waals surface area contributed by atoms with Crippen molar-refractivity contribution in [2.24, 2.45) is 5.73 Å². The number of nitrogens with two attached hydrogens (primary N) is 1. The summed E-state index contributed by atoms with van der Waals surface area (Å²) in [6, 6.07) is 4.56. The average molecular weight is 386 g/mol. The largest absolute Gasteiger partial charge is 0.491 e. The Labute approximate surface area is 166 Å². The van der Waals surface area contributed by atoms with Crippen LogP contribution in [0.4, 0.5) is 0 Å². The first kappa shape index (κ1) is 21.3. The van der Waals surface area contributed by atoms with E-state index >= 15 is 0 Å². The van der Waals surface area contributed by atoms with Gasteiger partial charge >= 0.3 is 0 Å². The summed E-state index contributed by atoms with van der Waals surface area (Å²) in [5.74, 6) is 0.191. The number of carbonyl (C=O) groups excluding carboxylic acids is 2. The fourth-order valence-corrected chi connectivity index (χ4v) is 2.99. The van der Waals surface area contributed by atoms with Crippen LogP contribution in [0.3, 0.4) is 0 Å². The lowest BCUT2D eigenvalue weighted by Gasteiger charge is -2.28. The van der Waals surface area contributed by atoms with Crippen molar-refractivity contribution in [3.63, 3.8) is 0 Å². The van der Waals surface area contributed by atoms with Crippen LogP contribution in [0.15, 0.2) is 41.7 Å². The molecule has 4 N–H and O–H groups in total. The molecule has 1 aliphatic heterocycles. The molecule has 2 amide bonds. The van der Waals surface area contributed by atoms with Gasteiger partial charge in [0.2, 0.25) is 5.91 Å². The molecule has 0 spiro atoms. The highest BCUT2D eigenvalue weighted by Gasteiger charge is 2.24. The number of likely N-dealkylation sites (N-methyl/N-ethyl adjacent to an activating group) is 2. The molecule has 1 aromatic rings. The number of nitrogens with one attached hydrogen (secondary N) is 2. The molecule has 0 fully saturated rings. The maximum absolute atomic E-state index is 12.7. The van der Waals surface area contributed by atoms with E-state index in [4.69, 9.17) is 10.5 Å². The molecule has 7 nitrogen and oxygen atoms in total. The average Bonchev–Trinajstić information content (AvgIpc) is 2.63. The van der Waals surface area contributed by atoms with Gasteiger partial charge in [-0.1, -0.05) is 0 Å². The Bertz CT molecular complexity index is 799. The molecule has 0 saturated heterocycles. The first-order chi connectivity index (χ1) is 13.2. The Kier molecular flexibility index (Phi) is 7.09. The minimum atomic E-state index is -0.689. The van der Waals surface area contributed by atoms with Crippen molar-refractivity contribution >= 4 is 11.8 Å². The molecule has 0 bridgehead atoms. The second-order valence-electron chi connectivity index (χ2n) is 7.25. The van der Waals surface area contributed by atoms with Crippen LogP contribution in [-0.2, 0) is 4.79 Å². The summed E-state index contributed by atoms with van der Waals surface area (Å²) in [5, 5.41) is 5.46. The third-order valence-corrected chi connectivity index (χ3v) is 4.48. The van der Waals surface area contributed by atoms with Gasteiger partial charge in [-0.3, -0.25) is 9.59 Å². The van der Waals surface area contributed by atoms with E-state index in [1.54, 1.807) is 25.2 Å². The lowest BCUT2D eigenvalue weighted by atomic mass is 10.1. The van der Waals surface area contributed by atoms with Gasteiger partial charge in [-0.05, 0) is 56.7 Å². The van der Waals surface area contributed by atoms with E-state index in [1.165, 1.54) is 0 Å². The standard InChI is InChI=1S/C21H30N4O3/c1-13(2)28-19-9-6-15(10-14(19)3)20(26)24-18(21(27)23-4)11-17-8-7-16(22)12-25(17)5/h6-10,13,18H,11-12,22H2,1-5H3,(H,23,27)(H,24,26). The van der Waals surface area contributed by atoms with Gasteiger partial charge in [-0.15, -0.1) is 0 Å². The molecule has 0 saturated carbocycles. The van der Waals surface area contributed by atoms with Crippen LogP contribution in [0.25, 0.3) is 0 Å². The number of rotatable bonds is 7. The van der Waals surface area contributed by atoms with Crippen molar-refractivity contribution in [1.29, 1.82) is 0 Å². The third kappa shape index (κ3) is 5.52.